The largest absolute Gasteiger partial charge is 0.357 e. The Bertz CT molecular complexity index is 1390. The highest BCUT2D eigenvalue weighted by Crippen LogP contribution is 2.29. The van der Waals surface area contributed by atoms with Crippen LogP contribution in [0.1, 0.15) is 35.6 Å². The third kappa shape index (κ3) is 6.55. The van der Waals surface area contributed by atoms with E-state index < -0.39 is 28.5 Å². The summed E-state index contributed by atoms with van der Waals surface area (Å²) in [5.41, 5.74) is 3.75. The predicted molar refractivity (Wildman–Crippen MR) is 152 cm³/mol. The molecule has 202 valence electrons. The van der Waals surface area contributed by atoms with Crippen molar-refractivity contribution in [3.8, 4) is 0 Å². The number of carbonyl (C=O) groups excluding carboxylic acids is 2. The van der Waals surface area contributed by atoms with Gasteiger partial charge in [0.25, 0.3) is 10.0 Å². The molecule has 0 saturated heterocycles. The van der Waals surface area contributed by atoms with Gasteiger partial charge in [0.15, 0.2) is 0 Å². The summed E-state index contributed by atoms with van der Waals surface area (Å²) in [6.07, 6.45) is 0.354. The lowest BCUT2D eigenvalue weighted by molar-refractivity contribution is -0.140. The number of anilines is 1. The zero-order valence-corrected chi connectivity index (χ0v) is 23.9. The molecule has 0 aliphatic rings. The molecule has 0 spiro atoms. The van der Waals surface area contributed by atoms with E-state index in [1.54, 1.807) is 48.5 Å². The highest BCUT2D eigenvalue weighted by atomic mass is 35.5. The number of carbonyl (C=O) groups is 2. The first kappa shape index (κ1) is 29.2. The Balaban J connectivity index is 2.10. The van der Waals surface area contributed by atoms with Crippen LogP contribution in [0.5, 0.6) is 0 Å². The van der Waals surface area contributed by atoms with Crippen molar-refractivity contribution in [1.82, 2.24) is 10.2 Å². The Morgan fingerprint density at radius 1 is 0.947 bits per heavy atom. The molecule has 3 aromatic carbocycles. The summed E-state index contributed by atoms with van der Waals surface area (Å²) in [7, 11) is -2.59. The van der Waals surface area contributed by atoms with E-state index in [9.17, 15) is 18.0 Å². The Morgan fingerprint density at radius 3 is 2.16 bits per heavy atom. The third-order valence-electron chi connectivity index (χ3n) is 6.63. The molecular weight excluding hydrogens is 522 g/mol. The summed E-state index contributed by atoms with van der Waals surface area (Å²) in [6.45, 7) is 7.06. The number of rotatable bonds is 10. The van der Waals surface area contributed by atoms with Gasteiger partial charge in [-0.25, -0.2) is 8.42 Å². The quantitative estimate of drug-likeness (QED) is 0.381. The maximum absolute atomic E-state index is 14.0. The summed E-state index contributed by atoms with van der Waals surface area (Å²) < 4.78 is 29.1. The number of nitrogens with zero attached hydrogens (tertiary/aromatic N) is 2. The topological polar surface area (TPSA) is 86.8 Å². The number of nitrogens with one attached hydrogen (secondary N) is 1. The molecule has 1 N–H and O–H groups in total. The van der Waals surface area contributed by atoms with Crippen molar-refractivity contribution in [3.63, 3.8) is 0 Å². The molecule has 1 unspecified atom stereocenters. The third-order valence-corrected chi connectivity index (χ3v) is 8.66. The fourth-order valence-electron chi connectivity index (χ4n) is 4.23. The van der Waals surface area contributed by atoms with Gasteiger partial charge in [-0.1, -0.05) is 60.5 Å². The summed E-state index contributed by atoms with van der Waals surface area (Å²) >= 11 is 6.04. The number of amides is 2. The van der Waals surface area contributed by atoms with E-state index in [-0.39, 0.29) is 17.3 Å². The van der Waals surface area contributed by atoms with E-state index in [0.29, 0.717) is 17.1 Å². The lowest BCUT2D eigenvalue weighted by Gasteiger charge is -2.33. The van der Waals surface area contributed by atoms with Crippen molar-refractivity contribution in [2.75, 3.05) is 17.9 Å². The van der Waals surface area contributed by atoms with Crippen LogP contribution in [-0.2, 0) is 26.2 Å². The minimum Gasteiger partial charge on any atom is -0.357 e. The molecule has 3 aromatic rings. The van der Waals surface area contributed by atoms with Crippen LogP contribution in [0, 0.1) is 20.8 Å². The van der Waals surface area contributed by atoms with Crippen LogP contribution in [-0.4, -0.2) is 44.8 Å². The van der Waals surface area contributed by atoms with Gasteiger partial charge in [-0.15, -0.1) is 0 Å². The maximum atomic E-state index is 14.0. The van der Waals surface area contributed by atoms with Crippen LogP contribution < -0.4 is 9.62 Å². The van der Waals surface area contributed by atoms with Gasteiger partial charge in [-0.05, 0) is 74.2 Å². The molecule has 7 nitrogen and oxygen atoms in total. The first-order valence-electron chi connectivity index (χ1n) is 12.4. The molecular formula is C29H34ClN3O4S. The molecule has 0 bridgehead atoms. The van der Waals surface area contributed by atoms with E-state index >= 15 is 0 Å². The van der Waals surface area contributed by atoms with Crippen molar-refractivity contribution in [1.29, 1.82) is 0 Å². The minimum absolute atomic E-state index is 0.0828. The smallest absolute Gasteiger partial charge is 0.264 e. The van der Waals surface area contributed by atoms with Gasteiger partial charge in [-0.2, -0.15) is 0 Å². The Labute approximate surface area is 230 Å². The Kier molecular flexibility index (Phi) is 9.57. The fraction of sp³-hybridized carbons (Fsp3) is 0.310. The fourth-order valence-corrected chi connectivity index (χ4v) is 5.83. The number of hydrogen-bond acceptors (Lipinski definition) is 4. The van der Waals surface area contributed by atoms with Gasteiger partial charge in [0.1, 0.15) is 12.6 Å². The summed E-state index contributed by atoms with van der Waals surface area (Å²) in [5, 5.41) is 3.17. The highest BCUT2D eigenvalue weighted by molar-refractivity contribution is 7.92. The molecule has 3 rings (SSSR count). The molecule has 0 saturated carbocycles. The van der Waals surface area contributed by atoms with Gasteiger partial charge < -0.3 is 10.2 Å². The number of likely N-dealkylation sites (N-methyl/N-ethyl adjacent to an activating group) is 1. The lowest BCUT2D eigenvalue weighted by Crippen LogP contribution is -2.51. The van der Waals surface area contributed by atoms with Crippen LogP contribution in [0.3, 0.4) is 0 Å². The zero-order valence-electron chi connectivity index (χ0n) is 22.4. The molecule has 0 aliphatic heterocycles. The van der Waals surface area contributed by atoms with Crippen molar-refractivity contribution in [2.45, 2.75) is 51.6 Å². The number of hydrogen-bond donors (Lipinski definition) is 1. The predicted octanol–water partition coefficient (Wildman–Crippen LogP) is 5.01. The first-order valence-corrected chi connectivity index (χ1v) is 14.2. The molecule has 1 atom stereocenters. The van der Waals surface area contributed by atoms with Crippen molar-refractivity contribution >= 4 is 39.1 Å². The van der Waals surface area contributed by atoms with Crippen LogP contribution in [0.2, 0.25) is 5.02 Å². The number of aryl methyl sites for hydroxylation is 2. The maximum Gasteiger partial charge on any atom is 0.264 e. The van der Waals surface area contributed by atoms with E-state index in [1.807, 2.05) is 33.8 Å². The lowest BCUT2D eigenvalue weighted by atomic mass is 10.1. The second-order valence-electron chi connectivity index (χ2n) is 9.23. The zero-order chi connectivity index (χ0) is 28.0. The highest BCUT2D eigenvalue weighted by Gasteiger charge is 2.34. The molecule has 0 heterocycles. The average molecular weight is 556 g/mol. The van der Waals surface area contributed by atoms with Crippen molar-refractivity contribution in [2.24, 2.45) is 0 Å². The van der Waals surface area contributed by atoms with Crippen molar-refractivity contribution in [3.05, 3.63) is 94.0 Å². The van der Waals surface area contributed by atoms with Gasteiger partial charge in [0.05, 0.1) is 10.6 Å². The van der Waals surface area contributed by atoms with E-state index in [0.717, 1.165) is 26.6 Å². The number of halogens is 1. The van der Waals surface area contributed by atoms with Crippen molar-refractivity contribution < 1.29 is 18.0 Å². The normalized spacial score (nSPS) is 12.1. The second kappa shape index (κ2) is 12.5. The van der Waals surface area contributed by atoms with Gasteiger partial charge >= 0.3 is 0 Å². The van der Waals surface area contributed by atoms with Gasteiger partial charge in [0, 0.05) is 18.6 Å². The minimum atomic E-state index is -4.11. The second-order valence-corrected chi connectivity index (χ2v) is 11.5. The summed E-state index contributed by atoms with van der Waals surface area (Å²) in [5.74, 6) is -0.818. The van der Waals surface area contributed by atoms with Crippen LogP contribution in [0.4, 0.5) is 5.69 Å². The van der Waals surface area contributed by atoms with E-state index in [4.69, 9.17) is 11.6 Å². The molecule has 0 radical (unpaired) electrons. The Morgan fingerprint density at radius 2 is 1.58 bits per heavy atom. The monoisotopic (exact) mass is 555 g/mol. The molecule has 0 fully saturated rings. The van der Waals surface area contributed by atoms with Crippen LogP contribution in [0.25, 0.3) is 0 Å². The van der Waals surface area contributed by atoms with Gasteiger partial charge in [-0.3, -0.25) is 13.9 Å². The molecule has 0 aromatic heterocycles. The van der Waals surface area contributed by atoms with E-state index in [2.05, 4.69) is 5.32 Å². The van der Waals surface area contributed by atoms with Gasteiger partial charge in [0.2, 0.25) is 11.8 Å². The summed E-state index contributed by atoms with van der Waals surface area (Å²) in [6, 6.07) is 18.1. The molecule has 9 heteroatoms. The SMILES string of the molecule is CCC(C(=O)NC)N(Cc1ccc(Cl)cc1)C(=O)CN(c1cccc(C)c1C)S(=O)(=O)c1ccc(C)cc1. The molecule has 38 heavy (non-hydrogen) atoms. The van der Waals surface area contributed by atoms with Crippen LogP contribution in [0.15, 0.2) is 71.6 Å². The van der Waals surface area contributed by atoms with Crippen LogP contribution >= 0.6 is 11.6 Å². The standard InChI is InChI=1S/C29H34ClN3O4S/c1-6-26(29(35)31-5)32(18-23-12-14-24(30)15-13-23)28(34)19-33(27-9-7-8-21(3)22(27)4)38(36,37)25-16-10-20(2)11-17-25/h7-17,26H,6,18-19H2,1-5H3,(H,31,35). The summed E-state index contributed by atoms with van der Waals surface area (Å²) in [4.78, 5) is 28.3. The van der Waals surface area contributed by atoms with E-state index in [1.165, 1.54) is 24.1 Å². The average Bonchev–Trinajstić information content (AvgIpc) is 2.90. The number of sulfonamides is 1. The number of benzene rings is 3. The Hall–Kier alpha value is -3.36. The first-order chi connectivity index (χ1) is 18.0. The molecule has 0 aliphatic carbocycles. The molecule has 2 amide bonds.